The van der Waals surface area contributed by atoms with E-state index in [-0.39, 0.29) is 29.5 Å². The van der Waals surface area contributed by atoms with Gasteiger partial charge in [-0.15, -0.1) is 0 Å². The Morgan fingerprint density at radius 1 is 1.09 bits per heavy atom. The van der Waals surface area contributed by atoms with E-state index in [0.29, 0.717) is 0 Å². The van der Waals surface area contributed by atoms with Crippen LogP contribution in [0.2, 0.25) is 0 Å². The van der Waals surface area contributed by atoms with E-state index in [1.165, 1.54) is 31.2 Å². The number of benzene rings is 2. The van der Waals surface area contributed by atoms with Gasteiger partial charge in [0.1, 0.15) is 11.4 Å². The second-order valence-corrected chi connectivity index (χ2v) is 9.44. The average Bonchev–Trinajstić information content (AvgIpc) is 3.48. The van der Waals surface area contributed by atoms with Gasteiger partial charge >= 0.3 is 22.2 Å². The molecule has 2 aromatic rings. The first kappa shape index (κ1) is 25.4. The van der Waals surface area contributed by atoms with Gasteiger partial charge in [0.25, 0.3) is 0 Å². The van der Waals surface area contributed by atoms with Crippen LogP contribution in [0.25, 0.3) is 11.1 Å². The Morgan fingerprint density at radius 2 is 1.74 bits per heavy atom. The smallest absolute Gasteiger partial charge is 0.379 e. The van der Waals surface area contributed by atoms with Crippen molar-refractivity contribution in [1.29, 1.82) is 0 Å². The molecule has 1 aliphatic rings. The minimum atomic E-state index is -5.15. The molecule has 1 atom stereocenters. The predicted octanol–water partition coefficient (Wildman–Crippen LogP) is 3.36. The standard InChI is InChI=1S/C21H19F5N2O5S/c1-11(27-18(29)20(8-9-20)28-19(30)21(24,25)26)13-7-6-12(10-16(13)23)14-4-3-5-15(22)17(14)33-34(2,31)32/h3-7,10-11H,8-9H2,1-2H3,(H,27,29)(H,28,30). The Hall–Kier alpha value is -3.22. The average molecular weight is 506 g/mol. The summed E-state index contributed by atoms with van der Waals surface area (Å²) in [7, 11) is -4.08. The molecule has 0 bridgehead atoms. The van der Waals surface area contributed by atoms with Crippen molar-refractivity contribution in [3.05, 3.63) is 53.6 Å². The van der Waals surface area contributed by atoms with Crippen molar-refractivity contribution in [2.45, 2.75) is 37.5 Å². The highest BCUT2D eigenvalue weighted by molar-refractivity contribution is 7.86. The van der Waals surface area contributed by atoms with Crippen LogP contribution in [0.3, 0.4) is 0 Å². The lowest BCUT2D eigenvalue weighted by Gasteiger charge is -2.22. The maximum atomic E-state index is 14.9. The Morgan fingerprint density at radius 3 is 2.26 bits per heavy atom. The van der Waals surface area contributed by atoms with E-state index in [4.69, 9.17) is 4.18 Å². The first-order valence-electron chi connectivity index (χ1n) is 9.81. The van der Waals surface area contributed by atoms with Crippen LogP contribution in [-0.4, -0.2) is 38.2 Å². The van der Waals surface area contributed by atoms with E-state index in [2.05, 4.69) is 5.32 Å². The van der Waals surface area contributed by atoms with Crippen molar-refractivity contribution in [2.24, 2.45) is 0 Å². The number of hydrogen-bond donors (Lipinski definition) is 2. The number of alkyl halides is 3. The second-order valence-electron chi connectivity index (χ2n) is 7.87. The number of hydrogen-bond acceptors (Lipinski definition) is 5. The molecular formula is C21H19F5N2O5S. The van der Waals surface area contributed by atoms with Crippen molar-refractivity contribution >= 4 is 21.9 Å². The number of rotatable bonds is 7. The van der Waals surface area contributed by atoms with Crippen molar-refractivity contribution in [2.75, 3.05) is 6.26 Å². The van der Waals surface area contributed by atoms with E-state index in [9.17, 15) is 40.0 Å². The van der Waals surface area contributed by atoms with Crippen LogP contribution >= 0.6 is 0 Å². The van der Waals surface area contributed by atoms with Gasteiger partial charge in [0.2, 0.25) is 5.91 Å². The third-order valence-electron chi connectivity index (χ3n) is 5.12. The van der Waals surface area contributed by atoms with Crippen LogP contribution in [0, 0.1) is 11.6 Å². The molecule has 0 radical (unpaired) electrons. The maximum absolute atomic E-state index is 14.9. The Bertz CT molecular complexity index is 1240. The Balaban J connectivity index is 1.81. The molecule has 0 aromatic heterocycles. The predicted molar refractivity (Wildman–Crippen MR) is 110 cm³/mol. The summed E-state index contributed by atoms with van der Waals surface area (Å²) >= 11 is 0. The Kier molecular flexibility index (Phi) is 6.62. The number of amides is 2. The van der Waals surface area contributed by atoms with Crippen LogP contribution in [-0.2, 0) is 19.7 Å². The molecule has 13 heteroatoms. The highest BCUT2D eigenvalue weighted by Crippen LogP contribution is 2.38. The number of nitrogens with one attached hydrogen (secondary N) is 2. The first-order valence-corrected chi connectivity index (χ1v) is 11.6. The van der Waals surface area contributed by atoms with E-state index < -0.39 is 57.1 Å². The van der Waals surface area contributed by atoms with Gasteiger partial charge in [-0.2, -0.15) is 21.6 Å². The second kappa shape index (κ2) is 8.85. The molecule has 1 saturated carbocycles. The lowest BCUT2D eigenvalue weighted by molar-refractivity contribution is -0.175. The summed E-state index contributed by atoms with van der Waals surface area (Å²) in [5, 5.41) is 4.05. The summed E-state index contributed by atoms with van der Waals surface area (Å²) in [6, 6.07) is 6.13. The molecule has 1 unspecified atom stereocenters. The third-order valence-corrected chi connectivity index (χ3v) is 5.59. The molecule has 1 fully saturated rings. The highest BCUT2D eigenvalue weighted by atomic mass is 32.2. The zero-order chi connectivity index (χ0) is 25.5. The fourth-order valence-electron chi connectivity index (χ4n) is 3.25. The molecule has 7 nitrogen and oxygen atoms in total. The summed E-state index contributed by atoms with van der Waals surface area (Å²) in [6.07, 6.45) is -4.43. The van der Waals surface area contributed by atoms with E-state index in [0.717, 1.165) is 18.4 Å². The molecular weight excluding hydrogens is 487 g/mol. The molecule has 0 spiro atoms. The van der Waals surface area contributed by atoms with Crippen molar-refractivity contribution in [3.8, 4) is 16.9 Å². The van der Waals surface area contributed by atoms with Gasteiger partial charge < -0.3 is 14.8 Å². The molecule has 2 amide bonds. The molecule has 0 heterocycles. The minimum absolute atomic E-state index is 0.00250. The van der Waals surface area contributed by atoms with Gasteiger partial charge in [0, 0.05) is 11.1 Å². The number of para-hydroxylation sites is 1. The number of halogens is 5. The number of carbonyl (C=O) groups is 2. The van der Waals surface area contributed by atoms with Crippen molar-refractivity contribution in [3.63, 3.8) is 0 Å². The molecule has 34 heavy (non-hydrogen) atoms. The quantitative estimate of drug-likeness (QED) is 0.443. The first-order chi connectivity index (χ1) is 15.6. The lowest BCUT2D eigenvalue weighted by Crippen LogP contribution is -2.53. The molecule has 1 aliphatic carbocycles. The maximum Gasteiger partial charge on any atom is 0.471 e. The highest BCUT2D eigenvalue weighted by Gasteiger charge is 2.55. The SMILES string of the molecule is CC(NC(=O)C1(NC(=O)C(F)(F)F)CC1)c1ccc(-c2cccc(F)c2OS(C)(=O)=O)cc1F. The summed E-state index contributed by atoms with van der Waals surface area (Å²) in [4.78, 5) is 23.7. The lowest BCUT2D eigenvalue weighted by atomic mass is 9.99. The molecule has 184 valence electrons. The van der Waals surface area contributed by atoms with Crippen LogP contribution < -0.4 is 14.8 Å². The Labute approximate surface area is 191 Å². The molecule has 2 aromatic carbocycles. The van der Waals surface area contributed by atoms with E-state index in [1.807, 2.05) is 0 Å². The van der Waals surface area contributed by atoms with Crippen LogP contribution in [0.1, 0.15) is 31.4 Å². The summed E-state index contributed by atoms with van der Waals surface area (Å²) < 4.78 is 94.2. The normalized spacial score (nSPS) is 15.9. The summed E-state index contributed by atoms with van der Waals surface area (Å²) in [6.45, 7) is 1.39. The summed E-state index contributed by atoms with van der Waals surface area (Å²) in [5.74, 6) is -5.59. The van der Waals surface area contributed by atoms with Gasteiger partial charge in [0.05, 0.1) is 12.3 Å². The fourth-order valence-corrected chi connectivity index (χ4v) is 3.72. The van der Waals surface area contributed by atoms with Gasteiger partial charge in [0.15, 0.2) is 11.6 Å². The fraction of sp³-hybridized carbons (Fsp3) is 0.333. The van der Waals surface area contributed by atoms with Crippen LogP contribution in [0.5, 0.6) is 5.75 Å². The summed E-state index contributed by atoms with van der Waals surface area (Å²) in [5.41, 5.74) is -1.72. The van der Waals surface area contributed by atoms with Gasteiger partial charge in [-0.3, -0.25) is 9.59 Å². The van der Waals surface area contributed by atoms with Crippen LogP contribution in [0.4, 0.5) is 22.0 Å². The zero-order valence-electron chi connectivity index (χ0n) is 17.8. The minimum Gasteiger partial charge on any atom is -0.379 e. The third kappa shape index (κ3) is 5.64. The van der Waals surface area contributed by atoms with E-state index in [1.54, 1.807) is 5.32 Å². The monoisotopic (exact) mass is 506 g/mol. The molecule has 0 aliphatic heterocycles. The van der Waals surface area contributed by atoms with Gasteiger partial charge in [-0.05, 0) is 37.5 Å². The zero-order valence-corrected chi connectivity index (χ0v) is 18.6. The van der Waals surface area contributed by atoms with E-state index >= 15 is 0 Å². The van der Waals surface area contributed by atoms with Crippen molar-refractivity contribution < 1.29 is 44.1 Å². The van der Waals surface area contributed by atoms with Gasteiger partial charge in [-0.1, -0.05) is 24.3 Å². The molecule has 0 saturated heterocycles. The van der Waals surface area contributed by atoms with Crippen molar-refractivity contribution in [1.82, 2.24) is 10.6 Å². The van der Waals surface area contributed by atoms with Crippen LogP contribution in [0.15, 0.2) is 36.4 Å². The number of carbonyl (C=O) groups excluding carboxylic acids is 2. The largest absolute Gasteiger partial charge is 0.471 e. The van der Waals surface area contributed by atoms with Gasteiger partial charge in [-0.25, -0.2) is 8.78 Å². The topological polar surface area (TPSA) is 102 Å². The molecule has 3 rings (SSSR count). The molecule has 2 N–H and O–H groups in total.